The van der Waals surface area contributed by atoms with Crippen LogP contribution in [0.25, 0.3) is 45.4 Å². The normalized spacial score (nSPS) is 11.3. The van der Waals surface area contributed by atoms with Crippen molar-refractivity contribution in [3.05, 3.63) is 105 Å². The molecule has 10 heteroatoms. The fourth-order valence-corrected chi connectivity index (χ4v) is 4.37. The number of hydrogen-bond donors (Lipinski definition) is 0. The highest BCUT2D eigenvalue weighted by Gasteiger charge is 2.26. The minimum Gasteiger partial charge on any atom is -0.332 e. The SMILES string of the molecule is Cc1noc(-c2nn(-c3ccccc3)c3nc(-c4ccc(Br)cc4)n(-c4ccc(Cl)cc4)c(=O)c23)n1. The van der Waals surface area contributed by atoms with Gasteiger partial charge in [0.15, 0.2) is 17.2 Å². The Balaban J connectivity index is 1.76. The Hall–Kier alpha value is -4.08. The molecule has 0 saturated carbocycles. The number of halogens is 2. The summed E-state index contributed by atoms with van der Waals surface area (Å²) in [6, 6.07) is 24.1. The summed E-state index contributed by atoms with van der Waals surface area (Å²) in [4.78, 5) is 23.6. The molecule has 0 aliphatic rings. The molecule has 8 nitrogen and oxygen atoms in total. The second-order valence-electron chi connectivity index (χ2n) is 8.00. The third-order valence-electron chi connectivity index (χ3n) is 5.62. The molecule has 0 unspecified atom stereocenters. The molecule has 0 atom stereocenters. The lowest BCUT2D eigenvalue weighted by Gasteiger charge is -2.14. The number of rotatable bonds is 4. The zero-order valence-electron chi connectivity index (χ0n) is 18.8. The first-order valence-corrected chi connectivity index (χ1v) is 12.1. The Kier molecular flexibility index (Phi) is 5.50. The van der Waals surface area contributed by atoms with Crippen LogP contribution in [-0.2, 0) is 0 Å². The summed E-state index contributed by atoms with van der Waals surface area (Å²) in [6.45, 7) is 1.71. The van der Waals surface area contributed by atoms with Crippen LogP contribution in [0.3, 0.4) is 0 Å². The molecule has 0 aliphatic carbocycles. The molecule has 6 aromatic rings. The maximum absolute atomic E-state index is 14.3. The van der Waals surface area contributed by atoms with Gasteiger partial charge in [0, 0.05) is 15.1 Å². The number of para-hydroxylation sites is 1. The van der Waals surface area contributed by atoms with Gasteiger partial charge in [0.25, 0.3) is 11.4 Å². The molecule has 0 radical (unpaired) electrons. The highest BCUT2D eigenvalue weighted by molar-refractivity contribution is 9.10. The summed E-state index contributed by atoms with van der Waals surface area (Å²) in [5.74, 6) is 1.03. The molecular weight excluding hydrogens is 544 g/mol. The van der Waals surface area contributed by atoms with Gasteiger partial charge in [0.2, 0.25) is 0 Å². The number of hydrogen-bond acceptors (Lipinski definition) is 6. The largest absolute Gasteiger partial charge is 0.332 e. The number of benzene rings is 3. The summed E-state index contributed by atoms with van der Waals surface area (Å²) < 4.78 is 9.50. The van der Waals surface area contributed by atoms with Gasteiger partial charge >= 0.3 is 0 Å². The molecule has 0 amide bonds. The predicted molar refractivity (Wildman–Crippen MR) is 141 cm³/mol. The van der Waals surface area contributed by atoms with Crippen molar-refractivity contribution in [1.29, 1.82) is 0 Å². The molecule has 6 rings (SSSR count). The maximum Gasteiger partial charge on any atom is 0.279 e. The van der Waals surface area contributed by atoms with Gasteiger partial charge in [0.05, 0.1) is 11.4 Å². The monoisotopic (exact) mass is 558 g/mol. The van der Waals surface area contributed by atoms with Crippen LogP contribution in [0.2, 0.25) is 5.02 Å². The topological polar surface area (TPSA) is 91.6 Å². The van der Waals surface area contributed by atoms with Gasteiger partial charge < -0.3 is 4.52 Å². The third kappa shape index (κ3) is 3.82. The summed E-state index contributed by atoms with van der Waals surface area (Å²) >= 11 is 9.61. The van der Waals surface area contributed by atoms with Gasteiger partial charge in [-0.3, -0.25) is 9.36 Å². The Bertz CT molecular complexity index is 1770. The van der Waals surface area contributed by atoms with E-state index < -0.39 is 0 Å². The van der Waals surface area contributed by atoms with E-state index in [1.54, 1.807) is 40.4 Å². The lowest BCUT2D eigenvalue weighted by Crippen LogP contribution is -2.22. The molecule has 3 heterocycles. The summed E-state index contributed by atoms with van der Waals surface area (Å²) in [6.07, 6.45) is 0. The number of fused-ring (bicyclic) bond motifs is 1. The van der Waals surface area contributed by atoms with E-state index in [-0.39, 0.29) is 22.5 Å². The first-order chi connectivity index (χ1) is 17.5. The van der Waals surface area contributed by atoms with Gasteiger partial charge in [-0.2, -0.15) is 10.1 Å². The van der Waals surface area contributed by atoms with Crippen molar-refractivity contribution in [2.24, 2.45) is 0 Å². The Morgan fingerprint density at radius 1 is 0.889 bits per heavy atom. The molecule has 176 valence electrons. The summed E-state index contributed by atoms with van der Waals surface area (Å²) in [5.41, 5.74) is 2.41. The fourth-order valence-electron chi connectivity index (χ4n) is 3.98. The van der Waals surface area contributed by atoms with E-state index in [9.17, 15) is 4.79 Å². The van der Waals surface area contributed by atoms with E-state index in [1.165, 1.54) is 0 Å². The zero-order valence-corrected chi connectivity index (χ0v) is 21.1. The standard InChI is InChI=1S/C26H16BrClN6O2/c1-15-29-25(36-32-15)22-21-24(34(31-22)20-5-3-2-4-6-20)30-23(16-7-9-17(27)10-8-16)33(26(21)35)19-13-11-18(28)12-14-19/h2-14H,1H3. The average Bonchev–Trinajstić information content (AvgIpc) is 3.49. The second kappa shape index (κ2) is 8.85. The van der Waals surface area contributed by atoms with Crippen LogP contribution in [0, 0.1) is 6.92 Å². The molecule has 0 spiro atoms. The van der Waals surface area contributed by atoms with Crippen molar-refractivity contribution in [3.63, 3.8) is 0 Å². The first kappa shape index (κ1) is 22.4. The van der Waals surface area contributed by atoms with Crippen molar-refractivity contribution >= 4 is 38.6 Å². The van der Waals surface area contributed by atoms with Crippen LogP contribution >= 0.6 is 27.5 Å². The number of aryl methyl sites for hydroxylation is 1. The van der Waals surface area contributed by atoms with E-state index in [2.05, 4.69) is 26.1 Å². The minimum absolute atomic E-state index is 0.144. The molecule has 0 saturated heterocycles. The van der Waals surface area contributed by atoms with Crippen molar-refractivity contribution < 1.29 is 4.52 Å². The molecule has 0 aliphatic heterocycles. The van der Waals surface area contributed by atoms with Gasteiger partial charge in [-0.05, 0) is 55.5 Å². The van der Waals surface area contributed by atoms with Gasteiger partial charge in [-0.1, -0.05) is 63.0 Å². The van der Waals surface area contributed by atoms with Crippen molar-refractivity contribution in [1.82, 2.24) is 29.5 Å². The minimum atomic E-state index is -0.326. The lowest BCUT2D eigenvalue weighted by molar-refractivity contribution is 0.424. The van der Waals surface area contributed by atoms with Crippen LogP contribution in [0.1, 0.15) is 5.82 Å². The van der Waals surface area contributed by atoms with Crippen molar-refractivity contribution in [2.75, 3.05) is 0 Å². The van der Waals surface area contributed by atoms with Crippen molar-refractivity contribution in [2.45, 2.75) is 6.92 Å². The van der Waals surface area contributed by atoms with Crippen LogP contribution in [0.5, 0.6) is 0 Å². The van der Waals surface area contributed by atoms with E-state index in [4.69, 9.17) is 26.2 Å². The van der Waals surface area contributed by atoms with E-state index in [0.717, 1.165) is 15.7 Å². The first-order valence-electron chi connectivity index (χ1n) is 10.9. The number of aromatic nitrogens is 6. The molecule has 0 bridgehead atoms. The lowest BCUT2D eigenvalue weighted by atomic mass is 10.2. The summed E-state index contributed by atoms with van der Waals surface area (Å²) in [7, 11) is 0. The smallest absolute Gasteiger partial charge is 0.279 e. The third-order valence-corrected chi connectivity index (χ3v) is 6.40. The Morgan fingerprint density at radius 3 is 2.28 bits per heavy atom. The quantitative estimate of drug-likeness (QED) is 0.263. The molecule has 0 N–H and O–H groups in total. The molecule has 3 aromatic heterocycles. The second-order valence-corrected chi connectivity index (χ2v) is 9.35. The van der Waals surface area contributed by atoms with E-state index in [1.807, 2.05) is 54.6 Å². The van der Waals surface area contributed by atoms with Crippen LogP contribution in [0.15, 0.2) is 92.7 Å². The maximum atomic E-state index is 14.3. The molecule has 3 aromatic carbocycles. The predicted octanol–water partition coefficient (Wildman–Crippen LogP) is 6.01. The van der Waals surface area contributed by atoms with E-state index >= 15 is 0 Å². The molecular formula is C26H16BrClN6O2. The van der Waals surface area contributed by atoms with Crippen molar-refractivity contribution in [3.8, 4) is 34.3 Å². The summed E-state index contributed by atoms with van der Waals surface area (Å²) in [5, 5.41) is 9.43. The van der Waals surface area contributed by atoms with E-state index in [0.29, 0.717) is 28.0 Å². The Morgan fingerprint density at radius 2 is 1.61 bits per heavy atom. The Labute approximate surface area is 217 Å². The average molecular weight is 560 g/mol. The van der Waals surface area contributed by atoms with Gasteiger partial charge in [-0.15, -0.1) is 0 Å². The highest BCUT2D eigenvalue weighted by atomic mass is 79.9. The van der Waals surface area contributed by atoms with Crippen LogP contribution < -0.4 is 5.56 Å². The van der Waals surface area contributed by atoms with Gasteiger partial charge in [0.1, 0.15) is 11.2 Å². The van der Waals surface area contributed by atoms with Gasteiger partial charge in [-0.25, -0.2) is 9.67 Å². The highest BCUT2D eigenvalue weighted by Crippen LogP contribution is 2.30. The zero-order chi connectivity index (χ0) is 24.8. The molecule has 0 fully saturated rings. The van der Waals surface area contributed by atoms with Crippen LogP contribution in [0.4, 0.5) is 0 Å². The van der Waals surface area contributed by atoms with Crippen LogP contribution in [-0.4, -0.2) is 29.5 Å². The number of nitrogens with zero attached hydrogens (tertiary/aromatic N) is 6. The fraction of sp³-hybridized carbons (Fsp3) is 0.0385. The molecule has 36 heavy (non-hydrogen) atoms.